The first-order valence-electron chi connectivity index (χ1n) is 9.78. The lowest BCUT2D eigenvalue weighted by atomic mass is 10.2. The maximum atomic E-state index is 13.1. The lowest BCUT2D eigenvalue weighted by molar-refractivity contribution is -0.153. The Morgan fingerprint density at radius 3 is 2.39 bits per heavy atom. The maximum Gasteiger partial charge on any atom is 0.422 e. The summed E-state index contributed by atoms with van der Waals surface area (Å²) in [6.07, 6.45) is -1.28. The molecule has 31 heavy (non-hydrogen) atoms. The molecule has 2 heterocycles. The van der Waals surface area contributed by atoms with Gasteiger partial charge in [-0.3, -0.25) is 4.79 Å². The summed E-state index contributed by atoms with van der Waals surface area (Å²) in [5, 5.41) is 2.40. The number of halogens is 3. The van der Waals surface area contributed by atoms with Crippen LogP contribution in [0.1, 0.15) is 42.0 Å². The summed E-state index contributed by atoms with van der Waals surface area (Å²) in [6.45, 7) is 0.765. The monoisotopic (exact) mass is 460 g/mol. The van der Waals surface area contributed by atoms with Gasteiger partial charge in [-0.25, -0.2) is 8.42 Å². The van der Waals surface area contributed by atoms with Gasteiger partial charge in [-0.2, -0.15) is 17.5 Å². The third-order valence-electron chi connectivity index (χ3n) is 4.76. The van der Waals surface area contributed by atoms with Crippen LogP contribution in [-0.4, -0.2) is 44.5 Å². The Bertz CT molecular complexity index is 1030. The van der Waals surface area contributed by atoms with Crippen LogP contribution in [0.15, 0.2) is 39.6 Å². The predicted molar refractivity (Wildman–Crippen MR) is 107 cm³/mol. The Balaban J connectivity index is 1.92. The van der Waals surface area contributed by atoms with Gasteiger partial charge >= 0.3 is 6.18 Å². The van der Waals surface area contributed by atoms with Gasteiger partial charge in [-0.15, -0.1) is 0 Å². The number of aryl methyl sites for hydroxylation is 1. The number of benzene rings is 1. The van der Waals surface area contributed by atoms with Crippen molar-refractivity contribution in [2.24, 2.45) is 0 Å². The molecule has 0 radical (unpaired) electrons. The van der Waals surface area contributed by atoms with Crippen LogP contribution in [0.25, 0.3) is 0 Å². The average molecular weight is 460 g/mol. The number of nitrogens with zero attached hydrogens (tertiary/aromatic N) is 1. The molecule has 1 aromatic carbocycles. The number of ether oxygens (including phenoxy) is 1. The van der Waals surface area contributed by atoms with E-state index >= 15 is 0 Å². The quantitative estimate of drug-likeness (QED) is 0.693. The van der Waals surface area contributed by atoms with Crippen molar-refractivity contribution in [3.8, 4) is 5.75 Å². The van der Waals surface area contributed by atoms with Crippen molar-refractivity contribution in [2.45, 2.75) is 43.7 Å². The van der Waals surface area contributed by atoms with Crippen LogP contribution < -0.4 is 10.1 Å². The van der Waals surface area contributed by atoms with E-state index in [9.17, 15) is 26.4 Å². The molecule has 1 aromatic heterocycles. The SMILES string of the molecule is Cc1ccc(C(=O)Nc2cc(S(=O)(=O)N3CCCCCC3)ccc2OCC(F)(F)F)o1. The predicted octanol–water partition coefficient (Wildman–Crippen LogP) is 4.35. The Labute approximate surface area is 178 Å². The highest BCUT2D eigenvalue weighted by Gasteiger charge is 2.30. The van der Waals surface area contributed by atoms with Crippen LogP contribution in [0.2, 0.25) is 0 Å². The minimum Gasteiger partial charge on any atom is -0.482 e. The van der Waals surface area contributed by atoms with Crippen LogP contribution in [-0.2, 0) is 10.0 Å². The second-order valence-corrected chi connectivity index (χ2v) is 9.18. The molecule has 1 N–H and O–H groups in total. The molecule has 0 atom stereocenters. The molecular formula is C20H23F3N2O5S. The fourth-order valence-electron chi connectivity index (χ4n) is 3.22. The van der Waals surface area contributed by atoms with Crippen molar-refractivity contribution < 1.29 is 35.5 Å². The molecule has 1 aliphatic heterocycles. The first-order valence-corrected chi connectivity index (χ1v) is 11.2. The molecule has 0 spiro atoms. The van der Waals surface area contributed by atoms with Gasteiger partial charge in [-0.05, 0) is 50.1 Å². The number of carbonyl (C=O) groups is 1. The Hall–Kier alpha value is -2.53. The highest BCUT2D eigenvalue weighted by Crippen LogP contribution is 2.32. The molecule has 2 aromatic rings. The van der Waals surface area contributed by atoms with Crippen LogP contribution in [0.3, 0.4) is 0 Å². The largest absolute Gasteiger partial charge is 0.482 e. The van der Waals surface area contributed by atoms with Gasteiger partial charge < -0.3 is 14.5 Å². The number of anilines is 1. The summed E-state index contributed by atoms with van der Waals surface area (Å²) >= 11 is 0. The number of carbonyl (C=O) groups excluding carboxylic acids is 1. The number of nitrogens with one attached hydrogen (secondary N) is 1. The number of amides is 1. The molecule has 0 unspecified atom stereocenters. The fraction of sp³-hybridized carbons (Fsp3) is 0.450. The van der Waals surface area contributed by atoms with Crippen LogP contribution >= 0.6 is 0 Å². The van der Waals surface area contributed by atoms with Gasteiger partial charge in [-0.1, -0.05) is 12.8 Å². The Morgan fingerprint density at radius 1 is 1.13 bits per heavy atom. The molecule has 170 valence electrons. The van der Waals surface area contributed by atoms with E-state index in [0.29, 0.717) is 18.8 Å². The van der Waals surface area contributed by atoms with E-state index in [1.165, 1.54) is 16.4 Å². The molecule has 1 amide bonds. The van der Waals surface area contributed by atoms with Crippen molar-refractivity contribution in [3.63, 3.8) is 0 Å². The summed E-state index contributed by atoms with van der Waals surface area (Å²) < 4.78 is 75.3. The molecule has 7 nitrogen and oxygen atoms in total. The molecule has 11 heteroatoms. The number of rotatable bonds is 6. The summed E-state index contributed by atoms with van der Waals surface area (Å²) in [4.78, 5) is 12.3. The summed E-state index contributed by atoms with van der Waals surface area (Å²) in [5.74, 6) is -0.644. The lowest BCUT2D eigenvalue weighted by Crippen LogP contribution is -2.32. The van der Waals surface area contributed by atoms with Gasteiger partial charge in [0, 0.05) is 13.1 Å². The molecule has 3 rings (SSSR count). The molecule has 1 aliphatic rings. The van der Waals surface area contributed by atoms with Crippen molar-refractivity contribution in [1.29, 1.82) is 0 Å². The zero-order chi connectivity index (χ0) is 22.6. The van der Waals surface area contributed by atoms with Crippen LogP contribution in [0, 0.1) is 6.92 Å². The van der Waals surface area contributed by atoms with Gasteiger partial charge in [0.25, 0.3) is 5.91 Å². The zero-order valence-electron chi connectivity index (χ0n) is 16.9. The smallest absolute Gasteiger partial charge is 0.422 e. The number of furan rings is 1. The molecular weight excluding hydrogens is 437 g/mol. The van der Waals surface area contributed by atoms with E-state index < -0.39 is 28.7 Å². The third kappa shape index (κ3) is 6.01. The van der Waals surface area contributed by atoms with Gasteiger partial charge in [0.15, 0.2) is 12.4 Å². The van der Waals surface area contributed by atoms with E-state index in [1.807, 2.05) is 0 Å². The van der Waals surface area contributed by atoms with Crippen molar-refractivity contribution in [3.05, 3.63) is 41.9 Å². The summed E-state index contributed by atoms with van der Waals surface area (Å²) in [5.41, 5.74) is -0.195. The zero-order valence-corrected chi connectivity index (χ0v) is 17.7. The lowest BCUT2D eigenvalue weighted by Gasteiger charge is -2.21. The Morgan fingerprint density at radius 2 is 1.81 bits per heavy atom. The van der Waals surface area contributed by atoms with Crippen molar-refractivity contribution in [2.75, 3.05) is 25.0 Å². The minimum atomic E-state index is -4.60. The number of sulfonamides is 1. The number of hydrogen-bond donors (Lipinski definition) is 1. The van der Waals surface area contributed by atoms with E-state index in [2.05, 4.69) is 5.32 Å². The van der Waals surface area contributed by atoms with Gasteiger partial charge in [0.2, 0.25) is 10.0 Å². The number of alkyl halides is 3. The van der Waals surface area contributed by atoms with E-state index in [-0.39, 0.29) is 22.1 Å². The molecule has 0 saturated carbocycles. The Kier molecular flexibility index (Phi) is 6.95. The fourth-order valence-corrected chi connectivity index (χ4v) is 4.77. The van der Waals surface area contributed by atoms with Crippen molar-refractivity contribution in [1.82, 2.24) is 4.31 Å². The van der Waals surface area contributed by atoms with Gasteiger partial charge in [0.05, 0.1) is 10.6 Å². The van der Waals surface area contributed by atoms with E-state index in [1.54, 1.807) is 13.0 Å². The summed E-state index contributed by atoms with van der Waals surface area (Å²) in [7, 11) is -3.88. The highest BCUT2D eigenvalue weighted by atomic mass is 32.2. The second-order valence-electron chi connectivity index (χ2n) is 7.24. The normalized spacial score (nSPS) is 16.0. The molecule has 0 aliphatic carbocycles. The third-order valence-corrected chi connectivity index (χ3v) is 6.65. The van der Waals surface area contributed by atoms with Crippen LogP contribution in [0.4, 0.5) is 18.9 Å². The first-order chi connectivity index (χ1) is 14.6. The first kappa shape index (κ1) is 23.1. The van der Waals surface area contributed by atoms with E-state index in [0.717, 1.165) is 37.8 Å². The highest BCUT2D eigenvalue weighted by molar-refractivity contribution is 7.89. The second kappa shape index (κ2) is 9.31. The van der Waals surface area contributed by atoms with E-state index in [4.69, 9.17) is 9.15 Å². The molecule has 0 bridgehead atoms. The van der Waals surface area contributed by atoms with Crippen molar-refractivity contribution >= 4 is 21.6 Å². The molecule has 1 fully saturated rings. The topological polar surface area (TPSA) is 88.9 Å². The standard InChI is InChI=1S/C20H23F3N2O5S/c1-14-6-8-18(30-14)19(26)24-16-12-15(7-9-17(16)29-13-20(21,22)23)31(27,28)25-10-4-2-3-5-11-25/h6-9,12H,2-5,10-11,13H2,1H3,(H,24,26). The molecule has 1 saturated heterocycles. The van der Waals surface area contributed by atoms with Gasteiger partial charge in [0.1, 0.15) is 11.5 Å². The van der Waals surface area contributed by atoms with Crippen LogP contribution in [0.5, 0.6) is 5.75 Å². The average Bonchev–Trinajstić information content (AvgIpc) is 2.95. The maximum absolute atomic E-state index is 13.1. The number of hydrogen-bond acceptors (Lipinski definition) is 5. The summed E-state index contributed by atoms with van der Waals surface area (Å²) in [6, 6.07) is 6.35. The minimum absolute atomic E-state index is 0.0694.